The Kier molecular flexibility index (Phi) is 0.984. The van der Waals surface area contributed by atoms with E-state index in [1.807, 2.05) is 12.1 Å². The third-order valence-electron chi connectivity index (χ3n) is 0.749. The first kappa shape index (κ1) is 4.19. The van der Waals surface area contributed by atoms with Gasteiger partial charge in [0.05, 0.1) is 24.5 Å². The normalized spacial score (nSPS) is 8.57. The van der Waals surface area contributed by atoms with Gasteiger partial charge in [0.15, 0.2) is 0 Å². The van der Waals surface area contributed by atoms with Gasteiger partial charge in [-0.15, -0.1) is 0 Å². The first-order valence-corrected chi connectivity index (χ1v) is 2.11. The van der Waals surface area contributed by atoms with Crippen LogP contribution in [-0.2, 0) is 0 Å². The van der Waals surface area contributed by atoms with E-state index in [0.717, 1.165) is 5.56 Å². The topological polar surface area (TPSA) is 12.9 Å². The highest BCUT2D eigenvalue weighted by Crippen LogP contribution is 1.88. The van der Waals surface area contributed by atoms with Gasteiger partial charge < -0.3 is 0 Å². The van der Waals surface area contributed by atoms with Crippen LogP contribution in [0.2, 0.25) is 0 Å². The Morgan fingerprint density at radius 1 is 1.29 bits per heavy atom. The summed E-state index contributed by atoms with van der Waals surface area (Å²) in [4.78, 5) is 3.81. The van der Waals surface area contributed by atoms with Crippen molar-refractivity contribution in [2.24, 2.45) is 0 Å². The number of hydrogen-bond donors (Lipinski definition) is 0. The minimum atomic E-state index is 1.01. The van der Waals surface area contributed by atoms with Crippen molar-refractivity contribution in [1.29, 1.82) is 0 Å². The van der Waals surface area contributed by atoms with E-state index in [1.54, 1.807) is 12.4 Å². The van der Waals surface area contributed by atoms with Crippen molar-refractivity contribution >= 4 is 0 Å². The average molecular weight is 92.1 g/mol. The highest BCUT2D eigenvalue weighted by atomic mass is 14.6. The maximum atomic E-state index is 3.81. The van der Waals surface area contributed by atoms with E-state index in [2.05, 4.69) is 11.9 Å². The summed E-state index contributed by atoms with van der Waals surface area (Å²) in [6, 6.07) is 3.72. The molecule has 7 heavy (non-hydrogen) atoms. The lowest BCUT2D eigenvalue weighted by atomic mass is 10.3. The van der Waals surface area contributed by atoms with Gasteiger partial charge in [-0.2, -0.15) is 0 Å². The standard InChI is InChI=1S/C6H6N/c1-6-2-4-7-5-3-6/h2-5H,1H2/q+1. The smallest absolute Gasteiger partial charge is 0.129 e. The molecule has 0 atom stereocenters. The minimum Gasteiger partial charge on any atom is -0.236 e. The summed E-state index contributed by atoms with van der Waals surface area (Å²) in [5, 5.41) is 0. The predicted molar refractivity (Wildman–Crippen MR) is 28.7 cm³/mol. The Morgan fingerprint density at radius 3 is 2.14 bits per heavy atom. The van der Waals surface area contributed by atoms with Crippen LogP contribution in [-0.4, -0.2) is 4.98 Å². The molecule has 0 amide bonds. The van der Waals surface area contributed by atoms with Gasteiger partial charge in [-0.1, -0.05) is 0 Å². The van der Waals surface area contributed by atoms with E-state index in [4.69, 9.17) is 0 Å². The molecule has 34 valence electrons. The lowest BCUT2D eigenvalue weighted by molar-refractivity contribution is 1.31. The van der Waals surface area contributed by atoms with Crippen molar-refractivity contribution in [2.75, 3.05) is 0 Å². The Labute approximate surface area is 43.0 Å². The molecule has 0 bridgehead atoms. The van der Waals surface area contributed by atoms with Gasteiger partial charge >= 0.3 is 0 Å². The Bertz CT molecular complexity index is 134. The van der Waals surface area contributed by atoms with Crippen LogP contribution in [0, 0.1) is 6.92 Å². The molecule has 0 fully saturated rings. The highest BCUT2D eigenvalue weighted by Gasteiger charge is 1.83. The third kappa shape index (κ3) is 0.929. The summed E-state index contributed by atoms with van der Waals surface area (Å²) >= 11 is 0. The molecular formula is C6H6N+. The van der Waals surface area contributed by atoms with Crippen LogP contribution in [0.5, 0.6) is 0 Å². The Balaban J connectivity index is 3.02. The lowest BCUT2D eigenvalue weighted by Gasteiger charge is -1.72. The largest absolute Gasteiger partial charge is 0.236 e. The maximum Gasteiger partial charge on any atom is 0.129 e. The van der Waals surface area contributed by atoms with Crippen LogP contribution < -0.4 is 0 Å². The van der Waals surface area contributed by atoms with E-state index in [1.165, 1.54) is 0 Å². The lowest BCUT2D eigenvalue weighted by Crippen LogP contribution is -1.68. The summed E-state index contributed by atoms with van der Waals surface area (Å²) < 4.78 is 0. The molecule has 1 heterocycles. The first-order chi connectivity index (χ1) is 3.39. The molecule has 0 radical (unpaired) electrons. The fourth-order valence-corrected chi connectivity index (χ4v) is 0.383. The second-order valence-corrected chi connectivity index (χ2v) is 1.36. The fourth-order valence-electron chi connectivity index (χ4n) is 0.383. The maximum absolute atomic E-state index is 3.81. The molecule has 0 saturated carbocycles. The van der Waals surface area contributed by atoms with Crippen LogP contribution in [0.15, 0.2) is 24.5 Å². The molecule has 1 nitrogen and oxygen atoms in total. The summed E-state index contributed by atoms with van der Waals surface area (Å²) in [7, 11) is 0. The number of nitrogens with zero attached hydrogens (tertiary/aromatic N) is 1. The summed E-state index contributed by atoms with van der Waals surface area (Å²) in [5.74, 6) is 0. The van der Waals surface area contributed by atoms with E-state index in [-0.39, 0.29) is 0 Å². The predicted octanol–water partition coefficient (Wildman–Crippen LogP) is 1.26. The number of aromatic nitrogens is 1. The van der Waals surface area contributed by atoms with Crippen molar-refractivity contribution in [3.05, 3.63) is 37.0 Å². The first-order valence-electron chi connectivity index (χ1n) is 2.11. The molecule has 0 aliphatic heterocycles. The zero-order valence-corrected chi connectivity index (χ0v) is 3.96. The molecule has 0 aliphatic rings. The van der Waals surface area contributed by atoms with Gasteiger partial charge in [-0.3, -0.25) is 0 Å². The van der Waals surface area contributed by atoms with Crippen LogP contribution in [0.1, 0.15) is 5.56 Å². The van der Waals surface area contributed by atoms with Gasteiger partial charge in [-0.25, -0.2) is 4.98 Å². The van der Waals surface area contributed by atoms with Crippen molar-refractivity contribution < 1.29 is 0 Å². The van der Waals surface area contributed by atoms with E-state index in [0.29, 0.717) is 0 Å². The van der Waals surface area contributed by atoms with Crippen LogP contribution >= 0.6 is 0 Å². The van der Waals surface area contributed by atoms with Crippen LogP contribution in [0.4, 0.5) is 0 Å². The molecule has 0 saturated heterocycles. The second kappa shape index (κ2) is 1.65. The minimum absolute atomic E-state index is 1.01. The van der Waals surface area contributed by atoms with Crippen molar-refractivity contribution in [2.45, 2.75) is 0 Å². The molecule has 0 aliphatic carbocycles. The Morgan fingerprint density at radius 2 is 1.86 bits per heavy atom. The molecule has 0 N–H and O–H groups in total. The molecule has 1 rings (SSSR count). The number of rotatable bonds is 0. The van der Waals surface area contributed by atoms with Gasteiger partial charge in [0.2, 0.25) is 0 Å². The summed E-state index contributed by atoms with van der Waals surface area (Å²) in [5.41, 5.74) is 1.01. The van der Waals surface area contributed by atoms with Crippen molar-refractivity contribution in [3.8, 4) is 0 Å². The molecule has 1 aromatic rings. The fraction of sp³-hybridized carbons (Fsp3) is 0. The monoisotopic (exact) mass is 92.0 g/mol. The van der Waals surface area contributed by atoms with E-state index >= 15 is 0 Å². The zero-order chi connectivity index (χ0) is 5.11. The molecule has 0 spiro atoms. The molecular weight excluding hydrogens is 86.1 g/mol. The quantitative estimate of drug-likeness (QED) is 0.439. The average Bonchev–Trinajstić information content (AvgIpc) is 1.69. The van der Waals surface area contributed by atoms with Crippen LogP contribution in [0.25, 0.3) is 0 Å². The summed E-state index contributed by atoms with van der Waals surface area (Å²) in [6.45, 7) is 3.68. The Hall–Kier alpha value is -0.980. The van der Waals surface area contributed by atoms with E-state index in [9.17, 15) is 0 Å². The molecule has 1 aromatic heterocycles. The van der Waals surface area contributed by atoms with Crippen molar-refractivity contribution in [1.82, 2.24) is 4.98 Å². The second-order valence-electron chi connectivity index (χ2n) is 1.36. The molecule has 1 heteroatoms. The van der Waals surface area contributed by atoms with Gasteiger partial charge in [-0.05, 0) is 0 Å². The van der Waals surface area contributed by atoms with Crippen LogP contribution in [0.3, 0.4) is 0 Å². The molecule has 0 unspecified atom stereocenters. The van der Waals surface area contributed by atoms with E-state index < -0.39 is 0 Å². The van der Waals surface area contributed by atoms with Gasteiger partial charge in [0, 0.05) is 6.92 Å². The number of hydrogen-bond acceptors (Lipinski definition) is 1. The SMILES string of the molecule is [CH2+]c1ccncc1. The molecule has 0 aromatic carbocycles. The van der Waals surface area contributed by atoms with Crippen molar-refractivity contribution in [3.63, 3.8) is 0 Å². The van der Waals surface area contributed by atoms with Gasteiger partial charge in [0.25, 0.3) is 0 Å². The zero-order valence-electron chi connectivity index (χ0n) is 3.96. The summed E-state index contributed by atoms with van der Waals surface area (Å²) in [6.07, 6.45) is 3.45. The number of pyridine rings is 1. The highest BCUT2D eigenvalue weighted by molar-refractivity contribution is 5.11. The van der Waals surface area contributed by atoms with Gasteiger partial charge in [0.1, 0.15) is 5.56 Å². The third-order valence-corrected chi connectivity index (χ3v) is 0.749.